The Morgan fingerprint density at radius 3 is 2.79 bits per heavy atom. The Morgan fingerprint density at radius 1 is 1.21 bits per heavy atom. The third kappa shape index (κ3) is 2.07. The molecule has 0 saturated carbocycles. The highest BCUT2D eigenvalue weighted by atomic mass is 19.2. The largest absolute Gasteiger partial charge is 0.353 e. The Kier molecular flexibility index (Phi) is 2.73. The molecule has 1 N–H and O–H groups in total. The van der Waals surface area contributed by atoms with Crippen molar-refractivity contribution < 1.29 is 13.6 Å². The topological polar surface area (TPSA) is 58.1 Å². The lowest BCUT2D eigenvalue weighted by molar-refractivity contribution is -0.120. The second-order valence-electron chi connectivity index (χ2n) is 4.25. The van der Waals surface area contributed by atoms with Gasteiger partial charge in [0.15, 0.2) is 11.6 Å². The number of fused-ring (bicyclic) bond motifs is 1. The van der Waals surface area contributed by atoms with Crippen LogP contribution in [0, 0.1) is 11.6 Å². The first-order chi connectivity index (χ1) is 9.15. The first-order valence-corrected chi connectivity index (χ1v) is 5.76. The molecular formula is C12H10F2N4O. The van der Waals surface area contributed by atoms with Crippen LogP contribution in [0.2, 0.25) is 0 Å². The van der Waals surface area contributed by atoms with Gasteiger partial charge in [0.1, 0.15) is 12.1 Å². The van der Waals surface area contributed by atoms with Crippen molar-refractivity contribution >= 4 is 22.6 Å². The minimum Gasteiger partial charge on any atom is -0.353 e. The summed E-state index contributed by atoms with van der Waals surface area (Å²) in [5, 5.41) is 3.09. The van der Waals surface area contributed by atoms with Crippen LogP contribution in [0.3, 0.4) is 0 Å². The van der Waals surface area contributed by atoms with E-state index in [-0.39, 0.29) is 12.5 Å². The first-order valence-electron chi connectivity index (χ1n) is 5.76. The van der Waals surface area contributed by atoms with Crippen molar-refractivity contribution in [3.63, 3.8) is 0 Å². The Bertz CT molecular complexity index is 661. The Balaban J connectivity index is 2.12. The van der Waals surface area contributed by atoms with E-state index in [1.807, 2.05) is 0 Å². The molecule has 2 heterocycles. The van der Waals surface area contributed by atoms with Gasteiger partial charge < -0.3 is 10.2 Å². The third-order valence-electron chi connectivity index (χ3n) is 2.99. The fourth-order valence-corrected chi connectivity index (χ4v) is 2.11. The highest BCUT2D eigenvalue weighted by Crippen LogP contribution is 2.25. The van der Waals surface area contributed by atoms with Crippen molar-refractivity contribution in [2.75, 3.05) is 24.5 Å². The van der Waals surface area contributed by atoms with Crippen LogP contribution >= 0.6 is 0 Å². The monoisotopic (exact) mass is 264 g/mol. The fraction of sp³-hybridized carbons (Fsp3) is 0.250. The molecule has 1 aliphatic heterocycles. The molecule has 1 aliphatic rings. The number of nitrogens with zero attached hydrogens (tertiary/aromatic N) is 3. The van der Waals surface area contributed by atoms with Gasteiger partial charge in [-0.1, -0.05) is 0 Å². The van der Waals surface area contributed by atoms with E-state index in [0.717, 1.165) is 12.1 Å². The van der Waals surface area contributed by atoms with Crippen LogP contribution < -0.4 is 10.2 Å². The Labute approximate surface area is 107 Å². The Hall–Kier alpha value is -2.31. The van der Waals surface area contributed by atoms with Gasteiger partial charge in [0, 0.05) is 24.5 Å². The number of rotatable bonds is 1. The molecular weight excluding hydrogens is 254 g/mol. The van der Waals surface area contributed by atoms with Gasteiger partial charge in [0.2, 0.25) is 5.91 Å². The first kappa shape index (κ1) is 11.8. The number of piperazine rings is 1. The summed E-state index contributed by atoms with van der Waals surface area (Å²) >= 11 is 0. The number of hydrogen-bond donors (Lipinski definition) is 1. The maximum atomic E-state index is 13.3. The number of hydrogen-bond acceptors (Lipinski definition) is 4. The van der Waals surface area contributed by atoms with Crippen molar-refractivity contribution in [3.05, 3.63) is 30.1 Å². The molecule has 1 aromatic carbocycles. The minimum absolute atomic E-state index is 0.124. The van der Waals surface area contributed by atoms with Crippen LogP contribution in [0.15, 0.2) is 18.5 Å². The van der Waals surface area contributed by atoms with E-state index in [2.05, 4.69) is 15.3 Å². The second kappa shape index (κ2) is 4.42. The minimum atomic E-state index is -0.954. The summed E-state index contributed by atoms with van der Waals surface area (Å²) in [6, 6.07) is 2.09. The third-order valence-corrected chi connectivity index (χ3v) is 2.99. The molecule has 1 saturated heterocycles. The van der Waals surface area contributed by atoms with E-state index in [0.29, 0.717) is 29.8 Å². The molecule has 0 aliphatic carbocycles. The average Bonchev–Trinajstić information content (AvgIpc) is 2.39. The lowest BCUT2D eigenvalue weighted by Crippen LogP contribution is -2.48. The number of halogens is 2. The summed E-state index contributed by atoms with van der Waals surface area (Å²) in [4.78, 5) is 21.1. The van der Waals surface area contributed by atoms with Crippen molar-refractivity contribution in [2.45, 2.75) is 0 Å². The molecule has 0 unspecified atom stereocenters. The van der Waals surface area contributed by atoms with E-state index in [1.54, 1.807) is 4.90 Å². The van der Waals surface area contributed by atoms with Gasteiger partial charge in [-0.05, 0) is 6.07 Å². The summed E-state index contributed by atoms with van der Waals surface area (Å²) in [5.74, 6) is -1.59. The van der Waals surface area contributed by atoms with Gasteiger partial charge in [-0.25, -0.2) is 18.7 Å². The molecule has 0 atom stereocenters. The molecule has 1 amide bonds. The van der Waals surface area contributed by atoms with Crippen molar-refractivity contribution in [2.24, 2.45) is 0 Å². The van der Waals surface area contributed by atoms with Gasteiger partial charge in [-0.2, -0.15) is 0 Å². The lowest BCUT2D eigenvalue weighted by atomic mass is 10.2. The Morgan fingerprint density at radius 2 is 2.00 bits per heavy atom. The van der Waals surface area contributed by atoms with Crippen LogP contribution in [-0.2, 0) is 4.79 Å². The van der Waals surface area contributed by atoms with E-state index < -0.39 is 11.6 Å². The smallest absolute Gasteiger partial charge is 0.239 e. The predicted octanol–water partition coefficient (Wildman–Crippen LogP) is 0.844. The molecule has 98 valence electrons. The second-order valence-corrected chi connectivity index (χ2v) is 4.25. The quantitative estimate of drug-likeness (QED) is 0.829. The van der Waals surface area contributed by atoms with Gasteiger partial charge in [-0.15, -0.1) is 0 Å². The summed E-state index contributed by atoms with van der Waals surface area (Å²) in [5.41, 5.74) is 0.315. The van der Waals surface area contributed by atoms with Crippen LogP contribution in [0.4, 0.5) is 14.6 Å². The molecule has 0 bridgehead atoms. The molecule has 1 fully saturated rings. The summed E-state index contributed by atoms with van der Waals surface area (Å²) in [7, 11) is 0. The van der Waals surface area contributed by atoms with Crippen LogP contribution in [0.25, 0.3) is 10.9 Å². The number of anilines is 1. The molecule has 19 heavy (non-hydrogen) atoms. The van der Waals surface area contributed by atoms with Gasteiger partial charge in [-0.3, -0.25) is 4.79 Å². The molecule has 3 rings (SSSR count). The number of amides is 1. The number of benzene rings is 1. The lowest BCUT2D eigenvalue weighted by Gasteiger charge is -2.28. The number of aromatic nitrogens is 2. The predicted molar refractivity (Wildman–Crippen MR) is 64.7 cm³/mol. The van der Waals surface area contributed by atoms with E-state index in [9.17, 15) is 13.6 Å². The van der Waals surface area contributed by atoms with Gasteiger partial charge in [0.25, 0.3) is 0 Å². The van der Waals surface area contributed by atoms with Crippen LogP contribution in [-0.4, -0.2) is 35.5 Å². The van der Waals surface area contributed by atoms with Crippen LogP contribution in [0.1, 0.15) is 0 Å². The molecule has 7 heteroatoms. The zero-order chi connectivity index (χ0) is 13.4. The van der Waals surface area contributed by atoms with E-state index >= 15 is 0 Å². The zero-order valence-electron chi connectivity index (χ0n) is 9.86. The maximum Gasteiger partial charge on any atom is 0.239 e. The number of nitrogens with one attached hydrogen (secondary N) is 1. The zero-order valence-corrected chi connectivity index (χ0v) is 9.86. The van der Waals surface area contributed by atoms with Crippen LogP contribution in [0.5, 0.6) is 0 Å². The SMILES string of the molecule is O=C1CN(c2ncnc3cc(F)c(F)cc23)CCN1. The molecule has 5 nitrogen and oxygen atoms in total. The highest BCUT2D eigenvalue weighted by molar-refractivity contribution is 5.92. The average molecular weight is 264 g/mol. The summed E-state index contributed by atoms with van der Waals surface area (Å²) in [6.07, 6.45) is 1.28. The molecule has 0 spiro atoms. The van der Waals surface area contributed by atoms with Crippen molar-refractivity contribution in [1.29, 1.82) is 0 Å². The van der Waals surface area contributed by atoms with E-state index in [1.165, 1.54) is 6.33 Å². The van der Waals surface area contributed by atoms with Crippen molar-refractivity contribution in [3.8, 4) is 0 Å². The van der Waals surface area contributed by atoms with Gasteiger partial charge >= 0.3 is 0 Å². The van der Waals surface area contributed by atoms with E-state index in [4.69, 9.17) is 0 Å². The summed E-state index contributed by atoms with van der Waals surface area (Å²) in [6.45, 7) is 1.20. The standard InChI is InChI=1S/C12H10F2N4O/c13-8-3-7-10(4-9(8)14)16-6-17-12(7)18-2-1-15-11(19)5-18/h3-4,6H,1-2,5H2,(H,15,19). The molecule has 2 aromatic rings. The number of carbonyl (C=O) groups is 1. The maximum absolute atomic E-state index is 13.3. The summed E-state index contributed by atoms with van der Waals surface area (Å²) < 4.78 is 26.5. The highest BCUT2D eigenvalue weighted by Gasteiger charge is 2.20. The number of carbonyl (C=O) groups excluding carboxylic acids is 1. The fourth-order valence-electron chi connectivity index (χ4n) is 2.11. The van der Waals surface area contributed by atoms with Crippen molar-refractivity contribution in [1.82, 2.24) is 15.3 Å². The molecule has 0 radical (unpaired) electrons. The normalized spacial score (nSPS) is 15.7. The van der Waals surface area contributed by atoms with Gasteiger partial charge in [0.05, 0.1) is 12.1 Å². The molecule has 1 aromatic heterocycles.